The fourth-order valence-electron chi connectivity index (χ4n) is 1.67. The number of rotatable bonds is 5. The van der Waals surface area contributed by atoms with E-state index in [2.05, 4.69) is 24.7 Å². The lowest BCUT2D eigenvalue weighted by molar-refractivity contribution is -0.140. The van der Waals surface area contributed by atoms with Crippen LogP contribution in [0.4, 0.5) is 0 Å². The number of esters is 1. The third-order valence-corrected chi connectivity index (χ3v) is 2.80. The molecule has 1 aromatic carbocycles. The molecule has 0 aliphatic rings. The van der Waals surface area contributed by atoms with Crippen LogP contribution in [0, 0.1) is 0 Å². The van der Waals surface area contributed by atoms with Gasteiger partial charge in [-0.25, -0.2) is 0 Å². The Morgan fingerprint density at radius 1 is 1.29 bits per heavy atom. The molecule has 0 aliphatic heterocycles. The first kappa shape index (κ1) is 13.6. The molecule has 0 heterocycles. The molecule has 3 heteroatoms. The minimum absolute atomic E-state index is 0.194. The van der Waals surface area contributed by atoms with Crippen LogP contribution < -0.4 is 4.74 Å². The first-order valence-electron chi connectivity index (χ1n) is 5.82. The van der Waals surface area contributed by atoms with Gasteiger partial charge in [-0.1, -0.05) is 26.0 Å². The minimum Gasteiger partial charge on any atom is -0.496 e. The van der Waals surface area contributed by atoms with E-state index < -0.39 is 0 Å². The molecule has 0 atom stereocenters. The minimum atomic E-state index is -0.194. The zero-order valence-electron chi connectivity index (χ0n) is 10.9. The third-order valence-electron chi connectivity index (χ3n) is 2.80. The molecule has 0 aromatic heterocycles. The molecule has 1 rings (SSSR count). The van der Waals surface area contributed by atoms with E-state index in [0.717, 1.165) is 11.3 Å². The van der Waals surface area contributed by atoms with Gasteiger partial charge in [-0.3, -0.25) is 4.79 Å². The molecule has 0 spiro atoms. The van der Waals surface area contributed by atoms with E-state index in [1.165, 1.54) is 12.7 Å². The quantitative estimate of drug-likeness (QED) is 0.737. The summed E-state index contributed by atoms with van der Waals surface area (Å²) in [6, 6.07) is 6.15. The van der Waals surface area contributed by atoms with Gasteiger partial charge in [0.25, 0.3) is 0 Å². The molecule has 0 N–H and O–H groups in total. The maximum Gasteiger partial charge on any atom is 0.305 e. The summed E-state index contributed by atoms with van der Waals surface area (Å²) in [6.45, 7) is 4.28. The molecule has 0 saturated heterocycles. The number of hydrogen-bond acceptors (Lipinski definition) is 3. The van der Waals surface area contributed by atoms with E-state index in [1.54, 1.807) is 7.11 Å². The van der Waals surface area contributed by atoms with Crippen LogP contribution in [0.2, 0.25) is 0 Å². The number of carbonyl (C=O) groups excluding carboxylic acids is 1. The highest BCUT2D eigenvalue weighted by molar-refractivity contribution is 5.69. The second-order valence-electron chi connectivity index (χ2n) is 4.30. The Balaban J connectivity index is 2.81. The highest BCUT2D eigenvalue weighted by Gasteiger charge is 2.09. The summed E-state index contributed by atoms with van der Waals surface area (Å²) in [6.07, 6.45) is 1.03. The van der Waals surface area contributed by atoms with Crippen molar-refractivity contribution < 1.29 is 14.3 Å². The summed E-state index contributed by atoms with van der Waals surface area (Å²) in [5.41, 5.74) is 2.28. The molecule has 0 saturated carbocycles. The monoisotopic (exact) mass is 236 g/mol. The lowest BCUT2D eigenvalue weighted by Crippen LogP contribution is -2.03. The van der Waals surface area contributed by atoms with Crippen molar-refractivity contribution in [1.82, 2.24) is 0 Å². The summed E-state index contributed by atoms with van der Waals surface area (Å²) < 4.78 is 9.98. The van der Waals surface area contributed by atoms with Gasteiger partial charge in [-0.2, -0.15) is 0 Å². The Hall–Kier alpha value is -1.51. The van der Waals surface area contributed by atoms with E-state index in [9.17, 15) is 4.79 Å². The van der Waals surface area contributed by atoms with Gasteiger partial charge in [0.2, 0.25) is 0 Å². The van der Waals surface area contributed by atoms with Gasteiger partial charge in [0.15, 0.2) is 0 Å². The number of benzene rings is 1. The normalized spacial score (nSPS) is 10.4. The van der Waals surface area contributed by atoms with Gasteiger partial charge in [0.1, 0.15) is 5.75 Å². The summed E-state index contributed by atoms with van der Waals surface area (Å²) >= 11 is 0. The first-order chi connectivity index (χ1) is 8.08. The Kier molecular flexibility index (Phi) is 5.01. The fraction of sp³-hybridized carbons (Fsp3) is 0.500. The Morgan fingerprint density at radius 2 is 2.00 bits per heavy atom. The number of carbonyl (C=O) groups is 1. The summed E-state index contributed by atoms with van der Waals surface area (Å²) in [5.74, 6) is 1.12. The fourth-order valence-corrected chi connectivity index (χ4v) is 1.67. The van der Waals surface area contributed by atoms with Crippen molar-refractivity contribution in [2.24, 2.45) is 0 Å². The summed E-state index contributed by atoms with van der Waals surface area (Å²) in [7, 11) is 3.06. The predicted octanol–water partition coefficient (Wildman–Crippen LogP) is 2.92. The lowest BCUT2D eigenvalue weighted by atomic mass is 9.99. The van der Waals surface area contributed by atoms with Crippen LogP contribution in [0.25, 0.3) is 0 Å². The summed E-state index contributed by atoms with van der Waals surface area (Å²) in [4.78, 5) is 11.1. The highest BCUT2D eigenvalue weighted by atomic mass is 16.5. The SMILES string of the molecule is COC(=O)CCc1ccc(C(C)C)cc1OC. The largest absolute Gasteiger partial charge is 0.496 e. The van der Waals surface area contributed by atoms with Gasteiger partial charge in [0.05, 0.1) is 14.2 Å². The Bertz CT molecular complexity index is 383. The van der Waals surface area contributed by atoms with Crippen LogP contribution in [-0.2, 0) is 16.0 Å². The van der Waals surface area contributed by atoms with E-state index >= 15 is 0 Å². The van der Waals surface area contributed by atoms with Crippen molar-refractivity contribution in [3.8, 4) is 5.75 Å². The second kappa shape index (κ2) is 6.28. The molecule has 0 aliphatic carbocycles. The lowest BCUT2D eigenvalue weighted by Gasteiger charge is -2.12. The molecule has 0 unspecified atom stereocenters. The van der Waals surface area contributed by atoms with Crippen LogP contribution in [0.3, 0.4) is 0 Å². The molecular formula is C14H20O3. The van der Waals surface area contributed by atoms with Crippen molar-refractivity contribution in [3.05, 3.63) is 29.3 Å². The van der Waals surface area contributed by atoms with Crippen molar-refractivity contribution in [2.45, 2.75) is 32.6 Å². The molecule has 3 nitrogen and oxygen atoms in total. The molecular weight excluding hydrogens is 216 g/mol. The van der Waals surface area contributed by atoms with Gasteiger partial charge < -0.3 is 9.47 Å². The maximum absolute atomic E-state index is 11.1. The van der Waals surface area contributed by atoms with E-state index in [1.807, 2.05) is 12.1 Å². The second-order valence-corrected chi connectivity index (χ2v) is 4.30. The van der Waals surface area contributed by atoms with Crippen molar-refractivity contribution in [2.75, 3.05) is 14.2 Å². The standard InChI is InChI=1S/C14H20O3/c1-10(2)12-6-5-11(13(9-12)16-3)7-8-14(15)17-4/h5-6,9-10H,7-8H2,1-4H3. The van der Waals surface area contributed by atoms with Gasteiger partial charge in [-0.05, 0) is 29.5 Å². The first-order valence-corrected chi connectivity index (χ1v) is 5.82. The van der Waals surface area contributed by atoms with Gasteiger partial charge >= 0.3 is 5.97 Å². The predicted molar refractivity (Wildman–Crippen MR) is 67.4 cm³/mol. The van der Waals surface area contributed by atoms with Crippen molar-refractivity contribution in [1.29, 1.82) is 0 Å². The van der Waals surface area contributed by atoms with Crippen LogP contribution in [0.15, 0.2) is 18.2 Å². The van der Waals surface area contributed by atoms with Crippen LogP contribution >= 0.6 is 0 Å². The molecule has 0 radical (unpaired) electrons. The number of ether oxygens (including phenoxy) is 2. The molecule has 0 amide bonds. The van der Waals surface area contributed by atoms with Crippen LogP contribution in [-0.4, -0.2) is 20.2 Å². The highest BCUT2D eigenvalue weighted by Crippen LogP contribution is 2.25. The topological polar surface area (TPSA) is 35.5 Å². The van der Waals surface area contributed by atoms with E-state index in [0.29, 0.717) is 18.8 Å². The number of aryl methyl sites for hydroxylation is 1. The maximum atomic E-state index is 11.1. The Labute approximate surface area is 103 Å². The average molecular weight is 236 g/mol. The number of methoxy groups -OCH3 is 2. The molecule has 0 fully saturated rings. The van der Waals surface area contributed by atoms with Gasteiger partial charge in [0, 0.05) is 6.42 Å². The third kappa shape index (κ3) is 3.77. The van der Waals surface area contributed by atoms with Gasteiger partial charge in [-0.15, -0.1) is 0 Å². The Morgan fingerprint density at radius 3 is 2.53 bits per heavy atom. The van der Waals surface area contributed by atoms with E-state index in [-0.39, 0.29) is 5.97 Å². The zero-order chi connectivity index (χ0) is 12.8. The molecule has 1 aromatic rings. The zero-order valence-corrected chi connectivity index (χ0v) is 10.9. The molecule has 17 heavy (non-hydrogen) atoms. The molecule has 94 valence electrons. The van der Waals surface area contributed by atoms with Crippen molar-refractivity contribution in [3.63, 3.8) is 0 Å². The smallest absolute Gasteiger partial charge is 0.305 e. The van der Waals surface area contributed by atoms with Crippen LogP contribution in [0.5, 0.6) is 5.75 Å². The average Bonchev–Trinajstić information content (AvgIpc) is 2.35. The van der Waals surface area contributed by atoms with Crippen LogP contribution in [0.1, 0.15) is 37.3 Å². The van der Waals surface area contributed by atoms with E-state index in [4.69, 9.17) is 4.74 Å². The summed E-state index contributed by atoms with van der Waals surface area (Å²) in [5, 5.41) is 0. The number of hydrogen-bond donors (Lipinski definition) is 0. The van der Waals surface area contributed by atoms with Crippen molar-refractivity contribution >= 4 is 5.97 Å². The molecule has 0 bridgehead atoms.